The summed E-state index contributed by atoms with van der Waals surface area (Å²) in [6, 6.07) is 10.1. The Kier molecular flexibility index (Phi) is 8.29. The van der Waals surface area contributed by atoms with Crippen LogP contribution in [0, 0.1) is 23.5 Å². The number of nitrogens with two attached hydrogens (primary N) is 1. The Bertz CT molecular complexity index is 829. The van der Waals surface area contributed by atoms with Crippen LogP contribution in [0.4, 0.5) is 8.78 Å². The van der Waals surface area contributed by atoms with Crippen molar-refractivity contribution in [2.75, 3.05) is 0 Å². The van der Waals surface area contributed by atoms with E-state index in [1.807, 2.05) is 0 Å². The molecule has 4 N–H and O–H groups in total. The SMILES string of the molecule is NC(CCCCB(O)O)C1CC(CCc2ccc(-c3ccc(Cl)cc3)c(F)c2F)C1. The third-order valence-electron chi connectivity index (χ3n) is 6.27. The molecule has 1 fully saturated rings. The van der Waals surface area contributed by atoms with E-state index < -0.39 is 18.8 Å². The molecule has 2 aromatic carbocycles. The molecule has 1 saturated carbocycles. The molecule has 0 radical (unpaired) electrons. The Morgan fingerprint density at radius 1 is 1.03 bits per heavy atom. The predicted molar refractivity (Wildman–Crippen MR) is 118 cm³/mol. The van der Waals surface area contributed by atoms with Crippen LogP contribution in [0.3, 0.4) is 0 Å². The summed E-state index contributed by atoms with van der Waals surface area (Å²) in [7, 11) is -1.24. The second kappa shape index (κ2) is 10.7. The molecule has 1 aliphatic carbocycles. The summed E-state index contributed by atoms with van der Waals surface area (Å²) in [6.45, 7) is 0. The van der Waals surface area contributed by atoms with Crippen molar-refractivity contribution in [1.82, 2.24) is 0 Å². The fourth-order valence-electron chi connectivity index (χ4n) is 4.31. The van der Waals surface area contributed by atoms with Crippen molar-refractivity contribution in [3.8, 4) is 11.1 Å². The first-order chi connectivity index (χ1) is 14.3. The third kappa shape index (κ3) is 6.04. The van der Waals surface area contributed by atoms with Crippen LogP contribution in [0.1, 0.15) is 44.1 Å². The zero-order valence-corrected chi connectivity index (χ0v) is 17.8. The standard InChI is InChI=1S/C23H29BClF2NO2/c25-19-9-6-16(7-10-19)20-11-8-17(22(26)23(20)27)5-4-15-13-18(14-15)21(28)3-1-2-12-24(29)30/h6-11,15,18,21,29-30H,1-5,12-14,28H2. The molecular formula is C23H29BClF2NO2. The number of aryl methyl sites for hydroxylation is 1. The second-order valence-corrected chi connectivity index (χ2v) is 8.91. The van der Waals surface area contributed by atoms with E-state index >= 15 is 0 Å². The van der Waals surface area contributed by atoms with E-state index in [0.717, 1.165) is 38.5 Å². The molecule has 0 spiro atoms. The van der Waals surface area contributed by atoms with Crippen LogP contribution in [0.25, 0.3) is 11.1 Å². The summed E-state index contributed by atoms with van der Waals surface area (Å²) in [5.74, 6) is -0.598. The molecule has 0 heterocycles. The highest BCUT2D eigenvalue weighted by molar-refractivity contribution is 6.40. The monoisotopic (exact) mass is 435 g/mol. The molecule has 1 atom stereocenters. The minimum atomic E-state index is -1.24. The summed E-state index contributed by atoms with van der Waals surface area (Å²) >= 11 is 5.86. The summed E-state index contributed by atoms with van der Waals surface area (Å²) in [5, 5.41) is 18.3. The molecule has 2 aromatic rings. The molecule has 1 unspecified atom stereocenters. The van der Waals surface area contributed by atoms with Gasteiger partial charge in [0.15, 0.2) is 11.6 Å². The van der Waals surface area contributed by atoms with E-state index in [4.69, 9.17) is 27.4 Å². The van der Waals surface area contributed by atoms with Crippen LogP contribution < -0.4 is 5.73 Å². The molecule has 3 nitrogen and oxygen atoms in total. The van der Waals surface area contributed by atoms with Gasteiger partial charge in [0, 0.05) is 16.6 Å². The lowest BCUT2D eigenvalue weighted by molar-refractivity contribution is 0.146. The van der Waals surface area contributed by atoms with Gasteiger partial charge in [0.25, 0.3) is 0 Å². The Hall–Kier alpha value is -1.47. The summed E-state index contributed by atoms with van der Waals surface area (Å²) in [4.78, 5) is 0. The van der Waals surface area contributed by atoms with Gasteiger partial charge in [-0.2, -0.15) is 0 Å². The Balaban J connectivity index is 1.46. The maximum Gasteiger partial charge on any atom is 0.451 e. The van der Waals surface area contributed by atoms with Gasteiger partial charge >= 0.3 is 7.12 Å². The van der Waals surface area contributed by atoms with Crippen LogP contribution in [-0.4, -0.2) is 23.2 Å². The van der Waals surface area contributed by atoms with Crippen molar-refractivity contribution in [2.24, 2.45) is 17.6 Å². The van der Waals surface area contributed by atoms with Crippen molar-refractivity contribution in [2.45, 2.75) is 57.3 Å². The molecule has 0 saturated heterocycles. The van der Waals surface area contributed by atoms with Gasteiger partial charge in [-0.3, -0.25) is 0 Å². The maximum atomic E-state index is 14.6. The first kappa shape index (κ1) is 23.2. The first-order valence-corrected chi connectivity index (χ1v) is 11.1. The quantitative estimate of drug-likeness (QED) is 0.354. The third-order valence-corrected chi connectivity index (χ3v) is 6.52. The van der Waals surface area contributed by atoms with E-state index in [1.54, 1.807) is 36.4 Å². The van der Waals surface area contributed by atoms with Crippen molar-refractivity contribution < 1.29 is 18.8 Å². The highest BCUT2D eigenvalue weighted by Gasteiger charge is 2.33. The van der Waals surface area contributed by atoms with Gasteiger partial charge in [-0.1, -0.05) is 48.7 Å². The van der Waals surface area contributed by atoms with Crippen molar-refractivity contribution >= 4 is 18.7 Å². The van der Waals surface area contributed by atoms with Crippen LogP contribution in [0.5, 0.6) is 0 Å². The van der Waals surface area contributed by atoms with Gasteiger partial charge < -0.3 is 15.8 Å². The van der Waals surface area contributed by atoms with E-state index in [9.17, 15) is 8.78 Å². The zero-order chi connectivity index (χ0) is 21.7. The maximum absolute atomic E-state index is 14.6. The lowest BCUT2D eigenvalue weighted by atomic mass is 9.68. The predicted octanol–water partition coefficient (Wildman–Crippen LogP) is 5.21. The fraction of sp³-hybridized carbons (Fsp3) is 0.478. The van der Waals surface area contributed by atoms with Crippen LogP contribution >= 0.6 is 11.6 Å². The second-order valence-electron chi connectivity index (χ2n) is 8.47. The minimum Gasteiger partial charge on any atom is -0.427 e. The number of rotatable bonds is 10. The van der Waals surface area contributed by atoms with E-state index in [2.05, 4.69) is 0 Å². The molecule has 0 aliphatic heterocycles. The first-order valence-electron chi connectivity index (χ1n) is 10.7. The highest BCUT2D eigenvalue weighted by Crippen LogP contribution is 2.40. The topological polar surface area (TPSA) is 66.5 Å². The van der Waals surface area contributed by atoms with Gasteiger partial charge in [-0.05, 0) is 73.5 Å². The van der Waals surface area contributed by atoms with Gasteiger partial charge in [0.05, 0.1) is 0 Å². The Morgan fingerprint density at radius 3 is 2.40 bits per heavy atom. The number of hydrogen-bond acceptors (Lipinski definition) is 3. The number of unbranched alkanes of at least 4 members (excludes halogenated alkanes) is 1. The van der Waals surface area contributed by atoms with Gasteiger partial charge in [0.1, 0.15) is 0 Å². The van der Waals surface area contributed by atoms with Gasteiger partial charge in [0.2, 0.25) is 0 Å². The van der Waals surface area contributed by atoms with Crippen molar-refractivity contribution in [3.63, 3.8) is 0 Å². The number of halogens is 3. The molecule has 3 rings (SSSR count). The average molecular weight is 436 g/mol. The smallest absolute Gasteiger partial charge is 0.427 e. The Labute approximate surface area is 182 Å². The normalized spacial score (nSPS) is 19.4. The number of hydrogen-bond donors (Lipinski definition) is 3. The van der Waals surface area contributed by atoms with E-state index in [0.29, 0.717) is 40.7 Å². The van der Waals surface area contributed by atoms with Gasteiger partial charge in [-0.25, -0.2) is 8.78 Å². The molecule has 0 bridgehead atoms. The van der Waals surface area contributed by atoms with E-state index in [1.165, 1.54) is 0 Å². The lowest BCUT2D eigenvalue weighted by Crippen LogP contribution is -2.39. The van der Waals surface area contributed by atoms with Crippen LogP contribution in [0.15, 0.2) is 36.4 Å². The Morgan fingerprint density at radius 2 is 1.73 bits per heavy atom. The molecule has 0 amide bonds. The molecular weight excluding hydrogens is 407 g/mol. The fourth-order valence-corrected chi connectivity index (χ4v) is 4.44. The summed E-state index contributed by atoms with van der Waals surface area (Å²) in [6.07, 6.45) is 6.33. The number of benzene rings is 2. The minimum absolute atomic E-state index is 0.130. The molecule has 30 heavy (non-hydrogen) atoms. The van der Waals surface area contributed by atoms with Crippen molar-refractivity contribution in [3.05, 3.63) is 58.6 Å². The van der Waals surface area contributed by atoms with Crippen LogP contribution in [-0.2, 0) is 6.42 Å². The zero-order valence-electron chi connectivity index (χ0n) is 17.0. The van der Waals surface area contributed by atoms with Crippen LogP contribution in [0.2, 0.25) is 11.3 Å². The summed E-state index contributed by atoms with van der Waals surface area (Å²) < 4.78 is 29.2. The van der Waals surface area contributed by atoms with E-state index in [-0.39, 0.29) is 11.6 Å². The van der Waals surface area contributed by atoms with Crippen molar-refractivity contribution in [1.29, 1.82) is 0 Å². The highest BCUT2D eigenvalue weighted by atomic mass is 35.5. The molecule has 1 aliphatic rings. The average Bonchev–Trinajstić information content (AvgIpc) is 2.68. The lowest BCUT2D eigenvalue weighted by Gasteiger charge is -2.39. The van der Waals surface area contributed by atoms with Gasteiger partial charge in [-0.15, -0.1) is 0 Å². The molecule has 0 aromatic heterocycles. The molecule has 7 heteroatoms. The largest absolute Gasteiger partial charge is 0.451 e. The molecule has 162 valence electrons. The summed E-state index contributed by atoms with van der Waals surface area (Å²) in [5.41, 5.74) is 7.51.